The molecular weight excluding hydrogens is 358 g/mol. The lowest BCUT2D eigenvalue weighted by Gasteiger charge is -2.26. The molecule has 0 saturated carbocycles. The fraction of sp³-hybridized carbons (Fsp3) is 0.571. The second kappa shape index (κ2) is 11.4. The van der Waals surface area contributed by atoms with Gasteiger partial charge >= 0.3 is 5.97 Å². The minimum atomic E-state index is -1.09. The summed E-state index contributed by atoms with van der Waals surface area (Å²) in [7, 11) is 0. The summed E-state index contributed by atoms with van der Waals surface area (Å²) in [5.41, 5.74) is 6.85. The molecule has 156 valence electrons. The molecule has 7 nitrogen and oxygen atoms in total. The Bertz CT molecular complexity index is 650. The van der Waals surface area contributed by atoms with Gasteiger partial charge in [0.05, 0.1) is 6.04 Å². The number of hydrogen-bond donors (Lipinski definition) is 4. The molecule has 0 saturated heterocycles. The van der Waals surface area contributed by atoms with Gasteiger partial charge in [-0.25, -0.2) is 4.79 Å². The van der Waals surface area contributed by atoms with E-state index in [1.54, 1.807) is 6.92 Å². The van der Waals surface area contributed by atoms with Crippen LogP contribution in [0.15, 0.2) is 30.3 Å². The molecule has 1 rings (SSSR count). The third-order valence-electron chi connectivity index (χ3n) is 5.25. The molecule has 7 heteroatoms. The average Bonchev–Trinajstić information content (AvgIpc) is 2.69. The van der Waals surface area contributed by atoms with Gasteiger partial charge in [0.1, 0.15) is 12.1 Å². The molecule has 0 aliphatic rings. The third-order valence-corrected chi connectivity index (χ3v) is 5.25. The number of carbonyl (C=O) groups excluding carboxylic acids is 2. The summed E-state index contributed by atoms with van der Waals surface area (Å²) in [6.07, 6.45) is 1.59. The monoisotopic (exact) mass is 391 g/mol. The Kier molecular flexibility index (Phi) is 9.65. The van der Waals surface area contributed by atoms with Crippen molar-refractivity contribution >= 4 is 17.8 Å². The smallest absolute Gasteiger partial charge is 0.326 e. The van der Waals surface area contributed by atoms with Crippen LogP contribution in [0.25, 0.3) is 0 Å². The van der Waals surface area contributed by atoms with Crippen LogP contribution in [0.3, 0.4) is 0 Å². The van der Waals surface area contributed by atoms with Crippen molar-refractivity contribution in [1.29, 1.82) is 0 Å². The van der Waals surface area contributed by atoms with Crippen LogP contribution in [0.5, 0.6) is 0 Å². The number of carboxylic acids is 1. The first-order chi connectivity index (χ1) is 13.2. The minimum Gasteiger partial charge on any atom is -0.480 e. The number of rotatable bonds is 11. The number of nitrogens with two attached hydrogens (primary N) is 1. The van der Waals surface area contributed by atoms with Crippen LogP contribution >= 0.6 is 0 Å². The molecular formula is C21H33N3O4. The molecule has 0 radical (unpaired) electrons. The van der Waals surface area contributed by atoms with Crippen LogP contribution in [0, 0.1) is 11.8 Å². The number of nitrogens with one attached hydrogen (secondary N) is 2. The van der Waals surface area contributed by atoms with E-state index in [1.165, 1.54) is 0 Å². The number of carboxylic acid groups (broad SMARTS) is 1. The van der Waals surface area contributed by atoms with Crippen molar-refractivity contribution in [3.8, 4) is 0 Å². The van der Waals surface area contributed by atoms with E-state index in [2.05, 4.69) is 10.6 Å². The Labute approximate surface area is 167 Å². The average molecular weight is 392 g/mol. The topological polar surface area (TPSA) is 122 Å². The van der Waals surface area contributed by atoms with Crippen LogP contribution in [0.1, 0.15) is 46.1 Å². The minimum absolute atomic E-state index is 0.0349. The largest absolute Gasteiger partial charge is 0.480 e. The summed E-state index contributed by atoms with van der Waals surface area (Å²) in [6, 6.07) is 6.59. The van der Waals surface area contributed by atoms with Gasteiger partial charge < -0.3 is 21.5 Å². The van der Waals surface area contributed by atoms with Crippen molar-refractivity contribution in [2.75, 3.05) is 0 Å². The molecule has 0 spiro atoms. The highest BCUT2D eigenvalue weighted by molar-refractivity contribution is 5.92. The van der Waals surface area contributed by atoms with Crippen molar-refractivity contribution < 1.29 is 19.5 Å². The highest BCUT2D eigenvalue weighted by Gasteiger charge is 2.31. The van der Waals surface area contributed by atoms with E-state index in [4.69, 9.17) is 5.73 Å². The van der Waals surface area contributed by atoms with Gasteiger partial charge in [-0.1, -0.05) is 70.9 Å². The summed E-state index contributed by atoms with van der Waals surface area (Å²) in [4.78, 5) is 36.9. The maximum atomic E-state index is 12.9. The normalized spacial score (nSPS) is 16.3. The van der Waals surface area contributed by atoms with Gasteiger partial charge in [-0.05, 0) is 17.4 Å². The Morgan fingerprint density at radius 1 is 0.964 bits per heavy atom. The number of hydrogen-bond acceptors (Lipinski definition) is 4. The molecule has 1 aromatic carbocycles. The molecule has 28 heavy (non-hydrogen) atoms. The molecule has 2 amide bonds. The van der Waals surface area contributed by atoms with Crippen LogP contribution in [-0.4, -0.2) is 41.0 Å². The van der Waals surface area contributed by atoms with Crippen LogP contribution in [0.4, 0.5) is 0 Å². The first kappa shape index (κ1) is 23.6. The van der Waals surface area contributed by atoms with Crippen molar-refractivity contribution in [2.24, 2.45) is 17.6 Å². The van der Waals surface area contributed by atoms with Crippen LogP contribution in [-0.2, 0) is 20.8 Å². The Morgan fingerprint density at radius 3 is 2.04 bits per heavy atom. The number of aliphatic carboxylic acids is 1. The molecule has 5 atom stereocenters. The van der Waals surface area contributed by atoms with E-state index in [1.807, 2.05) is 51.1 Å². The molecule has 5 N–H and O–H groups in total. The first-order valence-corrected chi connectivity index (χ1v) is 9.84. The predicted molar refractivity (Wildman–Crippen MR) is 109 cm³/mol. The van der Waals surface area contributed by atoms with Gasteiger partial charge in [0.25, 0.3) is 0 Å². The van der Waals surface area contributed by atoms with Crippen LogP contribution in [0.2, 0.25) is 0 Å². The van der Waals surface area contributed by atoms with E-state index in [0.717, 1.165) is 12.0 Å². The van der Waals surface area contributed by atoms with Crippen molar-refractivity contribution in [1.82, 2.24) is 10.6 Å². The van der Waals surface area contributed by atoms with Crippen molar-refractivity contribution in [3.05, 3.63) is 35.9 Å². The fourth-order valence-corrected chi connectivity index (χ4v) is 2.78. The number of carbonyl (C=O) groups is 3. The maximum absolute atomic E-state index is 12.9. The van der Waals surface area contributed by atoms with Crippen molar-refractivity contribution in [3.63, 3.8) is 0 Å². The lowest BCUT2D eigenvalue weighted by atomic mass is 9.97. The zero-order valence-electron chi connectivity index (χ0n) is 17.1. The molecule has 0 aromatic heterocycles. The summed E-state index contributed by atoms with van der Waals surface area (Å²) in [5.74, 6) is -2.31. The molecule has 0 fully saturated rings. The summed E-state index contributed by atoms with van der Waals surface area (Å²) in [6.45, 7) is 7.44. The van der Waals surface area contributed by atoms with Gasteiger partial charge in [0, 0.05) is 6.42 Å². The second-order valence-corrected chi connectivity index (χ2v) is 7.37. The molecule has 1 aromatic rings. The Morgan fingerprint density at radius 2 is 1.54 bits per heavy atom. The maximum Gasteiger partial charge on any atom is 0.326 e. The zero-order valence-corrected chi connectivity index (χ0v) is 17.1. The molecule has 0 aliphatic heterocycles. The number of amides is 2. The SMILES string of the molecule is CCC(C)C(N)C(=O)NC(Cc1ccccc1)C(=O)NC(C(=O)O)C(C)CC. The summed E-state index contributed by atoms with van der Waals surface area (Å²) >= 11 is 0. The number of benzene rings is 1. The quantitative estimate of drug-likeness (QED) is 0.457. The predicted octanol–water partition coefficient (Wildman–Crippen LogP) is 1.70. The first-order valence-electron chi connectivity index (χ1n) is 9.84. The summed E-state index contributed by atoms with van der Waals surface area (Å²) in [5, 5.41) is 14.7. The third kappa shape index (κ3) is 6.96. The van der Waals surface area contributed by atoms with Gasteiger partial charge in [0.15, 0.2) is 0 Å². The second-order valence-electron chi connectivity index (χ2n) is 7.37. The van der Waals surface area contributed by atoms with Gasteiger partial charge in [-0.3, -0.25) is 9.59 Å². The van der Waals surface area contributed by atoms with Gasteiger partial charge in [-0.15, -0.1) is 0 Å². The van der Waals surface area contributed by atoms with E-state index >= 15 is 0 Å². The van der Waals surface area contributed by atoms with E-state index < -0.39 is 35.9 Å². The van der Waals surface area contributed by atoms with E-state index in [0.29, 0.717) is 6.42 Å². The van der Waals surface area contributed by atoms with Crippen molar-refractivity contribution in [2.45, 2.75) is 65.1 Å². The van der Waals surface area contributed by atoms with E-state index in [9.17, 15) is 19.5 Å². The van der Waals surface area contributed by atoms with Gasteiger partial charge in [0.2, 0.25) is 11.8 Å². The Hall–Kier alpha value is -2.41. The lowest BCUT2D eigenvalue weighted by Crippen LogP contribution is -2.57. The zero-order chi connectivity index (χ0) is 21.3. The lowest BCUT2D eigenvalue weighted by molar-refractivity contribution is -0.143. The van der Waals surface area contributed by atoms with Crippen LogP contribution < -0.4 is 16.4 Å². The van der Waals surface area contributed by atoms with E-state index in [-0.39, 0.29) is 18.3 Å². The fourth-order valence-electron chi connectivity index (χ4n) is 2.78. The standard InChI is InChI=1S/C21H33N3O4/c1-5-13(3)17(22)20(26)23-16(12-15-10-8-7-9-11-15)19(25)24-18(21(27)28)14(4)6-2/h7-11,13-14,16-18H,5-6,12,22H2,1-4H3,(H,23,26)(H,24,25)(H,27,28). The molecule has 5 unspecified atom stereocenters. The summed E-state index contributed by atoms with van der Waals surface area (Å²) < 4.78 is 0. The molecule has 0 bridgehead atoms. The molecule has 0 aliphatic carbocycles. The highest BCUT2D eigenvalue weighted by Crippen LogP contribution is 2.11. The van der Waals surface area contributed by atoms with Gasteiger partial charge in [-0.2, -0.15) is 0 Å². The molecule has 0 heterocycles. The highest BCUT2D eigenvalue weighted by atomic mass is 16.4. The Balaban J connectivity index is 3.00.